The summed E-state index contributed by atoms with van der Waals surface area (Å²) < 4.78 is 31.7. The van der Waals surface area contributed by atoms with Crippen molar-refractivity contribution in [1.82, 2.24) is 0 Å². The molecular weight excluding hydrogens is 982 g/mol. The maximum Gasteiger partial charge on any atom is 0.490 e. The number of aliphatic hydroxyl groups is 1. The lowest BCUT2D eigenvalue weighted by Gasteiger charge is -2.54. The molecule has 77 heavy (non-hydrogen) atoms. The van der Waals surface area contributed by atoms with E-state index in [2.05, 4.69) is 112 Å². The van der Waals surface area contributed by atoms with E-state index in [-0.39, 0.29) is 36.2 Å². The number of rotatable bonds is 7. The van der Waals surface area contributed by atoms with Crippen molar-refractivity contribution in [2.75, 3.05) is 7.11 Å². The molecule has 0 bridgehead atoms. The summed E-state index contributed by atoms with van der Waals surface area (Å²) in [6.45, 7) is 27.7. The molecule has 9 rings (SSSR count). The van der Waals surface area contributed by atoms with E-state index in [0.29, 0.717) is 23.2 Å². The van der Waals surface area contributed by atoms with Crippen molar-refractivity contribution in [1.29, 1.82) is 0 Å². The van der Waals surface area contributed by atoms with E-state index in [1.54, 1.807) is 11.1 Å². The Morgan fingerprint density at radius 1 is 0.584 bits per heavy atom. The summed E-state index contributed by atoms with van der Waals surface area (Å²) in [5, 5.41) is 34.3. The fraction of sp³-hybridized carbons (Fsp3) is 0.662. The molecule has 12 heteroatoms. The van der Waals surface area contributed by atoms with Crippen LogP contribution in [0.3, 0.4) is 0 Å². The molecule has 9 unspecified atom stereocenters. The number of hydrogen-bond donors (Lipinski definition) is 4. The zero-order valence-electron chi connectivity index (χ0n) is 47.9. The van der Waals surface area contributed by atoms with Gasteiger partial charge in [0.25, 0.3) is 0 Å². The third-order valence-electron chi connectivity index (χ3n) is 20.1. The van der Waals surface area contributed by atoms with Crippen molar-refractivity contribution in [3.8, 4) is 0 Å². The number of carbonyl (C=O) groups excluding carboxylic acids is 2. The molecule has 0 radical (unpaired) electrons. The standard InChI is InChI=1S/C40H56O2.C20H28O2.C2HF3O2.CO2.CH4O.CH4/c1-24(2)31-20-27-12-14-33-26(5)11-9-16-38(33,6)34(27)22-29(31)19-30-23-35-28(21-32(30)25(3)4)13-15-36-39(35,7)17-10-18-40(36,8)37(41)42;1-13(2)14-6-8-16-15(12-14)7-9-17-19(16,3)10-5-11-20(17,4)18(21)22;3-2(4,5)1(6)7;2-1-3;1-2;/h20-26,33,36H,9-19H2,1-8H3,(H,41,42);6,8,12-13,17H,5,7,9-11H2,1-4H3,(H,21,22);(H,6,7);;2H,1H3;1H4. The molecule has 428 valence electrons. The monoisotopic (exact) mass is 1070 g/mol. The zero-order valence-corrected chi connectivity index (χ0v) is 47.9. The summed E-state index contributed by atoms with van der Waals surface area (Å²) in [5.41, 5.74) is 15.6. The van der Waals surface area contributed by atoms with E-state index < -0.39 is 34.9 Å². The lowest BCUT2D eigenvalue weighted by molar-refractivity contribution is -0.193. The first kappa shape index (κ1) is 64.7. The Hall–Kier alpha value is -4.80. The molecule has 9 nitrogen and oxygen atoms in total. The number of benzene rings is 3. The van der Waals surface area contributed by atoms with Crippen LogP contribution in [0.2, 0.25) is 0 Å². The normalized spacial score (nSPS) is 29.5. The van der Waals surface area contributed by atoms with Gasteiger partial charge in [0.05, 0.1) is 10.8 Å². The van der Waals surface area contributed by atoms with Crippen molar-refractivity contribution in [2.45, 2.75) is 233 Å². The van der Waals surface area contributed by atoms with Crippen molar-refractivity contribution < 1.29 is 57.6 Å². The number of alkyl halides is 3. The van der Waals surface area contributed by atoms with Crippen molar-refractivity contribution in [3.05, 3.63) is 104 Å². The lowest BCUT2D eigenvalue weighted by atomic mass is 9.49. The van der Waals surface area contributed by atoms with Crippen LogP contribution in [0.4, 0.5) is 13.2 Å². The van der Waals surface area contributed by atoms with Crippen LogP contribution in [0.5, 0.6) is 0 Å². The van der Waals surface area contributed by atoms with Crippen LogP contribution in [0.15, 0.2) is 42.5 Å². The van der Waals surface area contributed by atoms with E-state index >= 15 is 0 Å². The van der Waals surface area contributed by atoms with Gasteiger partial charge in [0.1, 0.15) is 0 Å². The summed E-state index contributed by atoms with van der Waals surface area (Å²) in [7, 11) is 1.00. The van der Waals surface area contributed by atoms with Gasteiger partial charge in [-0.3, -0.25) is 9.59 Å². The third-order valence-corrected chi connectivity index (χ3v) is 20.1. The highest BCUT2D eigenvalue weighted by Crippen LogP contribution is 2.60. The predicted molar refractivity (Wildman–Crippen MR) is 298 cm³/mol. The number of hydrogen-bond acceptors (Lipinski definition) is 6. The number of carboxylic acids is 3. The van der Waals surface area contributed by atoms with Gasteiger partial charge in [-0.2, -0.15) is 22.8 Å². The molecule has 0 aromatic heterocycles. The first-order chi connectivity index (χ1) is 35.4. The van der Waals surface area contributed by atoms with Gasteiger partial charge in [0, 0.05) is 7.11 Å². The quantitative estimate of drug-likeness (QED) is 0.180. The Balaban J connectivity index is 0.000000305. The number of aryl methyl sites for hydroxylation is 3. The summed E-state index contributed by atoms with van der Waals surface area (Å²) in [5.74, 6) is -0.377. The molecule has 0 aliphatic heterocycles. The molecule has 4 N–H and O–H groups in total. The zero-order chi connectivity index (χ0) is 57.1. The van der Waals surface area contributed by atoms with E-state index in [9.17, 15) is 33.0 Å². The van der Waals surface area contributed by atoms with Crippen LogP contribution >= 0.6 is 0 Å². The molecule has 3 aromatic rings. The number of aliphatic carboxylic acids is 3. The highest BCUT2D eigenvalue weighted by Gasteiger charge is 2.57. The number of carboxylic acid groups (broad SMARTS) is 3. The maximum atomic E-state index is 12.6. The average molecular weight is 1080 g/mol. The number of fused-ring (bicyclic) bond motifs is 9. The van der Waals surface area contributed by atoms with Gasteiger partial charge in [-0.1, -0.05) is 145 Å². The summed E-state index contributed by atoms with van der Waals surface area (Å²) in [6.07, 6.45) is 12.7. The van der Waals surface area contributed by atoms with Crippen LogP contribution in [-0.2, 0) is 65.9 Å². The first-order valence-electron chi connectivity index (χ1n) is 28.1. The van der Waals surface area contributed by atoms with E-state index in [1.807, 2.05) is 13.8 Å². The molecule has 6 aliphatic carbocycles. The van der Waals surface area contributed by atoms with Crippen LogP contribution in [0, 0.1) is 34.5 Å². The molecule has 6 aliphatic rings. The fourth-order valence-corrected chi connectivity index (χ4v) is 16.1. The Morgan fingerprint density at radius 2 is 0.974 bits per heavy atom. The van der Waals surface area contributed by atoms with Crippen LogP contribution in [0.1, 0.15) is 247 Å². The number of halogens is 3. The smallest absolute Gasteiger partial charge is 0.481 e. The second-order valence-electron chi connectivity index (χ2n) is 25.5. The van der Waals surface area contributed by atoms with Crippen LogP contribution < -0.4 is 0 Å². The molecule has 3 saturated carbocycles. The van der Waals surface area contributed by atoms with Gasteiger partial charge < -0.3 is 20.4 Å². The van der Waals surface area contributed by atoms with E-state index in [4.69, 9.17) is 24.6 Å². The minimum Gasteiger partial charge on any atom is -0.481 e. The first-order valence-corrected chi connectivity index (χ1v) is 28.1. The summed E-state index contributed by atoms with van der Waals surface area (Å²) in [6, 6.07) is 17.3. The maximum absolute atomic E-state index is 12.6. The molecule has 0 spiro atoms. The molecule has 0 heterocycles. The van der Waals surface area contributed by atoms with Gasteiger partial charge in [-0.05, 0) is 210 Å². The minimum atomic E-state index is -5.08. The molecule has 3 aromatic carbocycles. The molecule has 0 amide bonds. The molecular formula is C65H93F3O9. The van der Waals surface area contributed by atoms with Crippen molar-refractivity contribution in [3.63, 3.8) is 0 Å². The molecule has 0 saturated heterocycles. The van der Waals surface area contributed by atoms with Gasteiger partial charge in [-0.25, -0.2) is 4.79 Å². The third kappa shape index (κ3) is 12.6. The van der Waals surface area contributed by atoms with Crippen molar-refractivity contribution in [2.24, 2.45) is 34.5 Å². The Kier molecular flexibility index (Phi) is 21.1. The fourth-order valence-electron chi connectivity index (χ4n) is 16.1. The van der Waals surface area contributed by atoms with Crippen LogP contribution in [-0.4, -0.2) is 57.8 Å². The predicted octanol–water partition coefficient (Wildman–Crippen LogP) is 15.5. The Bertz CT molecular complexity index is 2610. The number of aliphatic hydroxyl groups excluding tert-OH is 1. The topological polar surface area (TPSA) is 166 Å². The highest BCUT2D eigenvalue weighted by molar-refractivity contribution is 5.76. The SMILES string of the molecule is C.CC(C)c1cc2c(cc1Cc1cc3c(cc1C(C)C)CCC1C(C)(C(=O)O)CCCC31C)C1(C)CCCC(C)C1CC2.CC(C)c1ccc2c(c1)CCC1C(C)(C(=O)O)CCCC21C.CO.O=C(O)C(F)(F)F.O=C=O. The van der Waals surface area contributed by atoms with Crippen molar-refractivity contribution >= 4 is 24.1 Å². The Morgan fingerprint density at radius 3 is 1.38 bits per heavy atom. The molecule has 9 atom stereocenters. The second-order valence-corrected chi connectivity index (χ2v) is 25.5. The average Bonchev–Trinajstić information content (AvgIpc) is 3.34. The Labute approximate surface area is 458 Å². The van der Waals surface area contributed by atoms with Gasteiger partial charge in [0.15, 0.2) is 0 Å². The van der Waals surface area contributed by atoms with Crippen LogP contribution in [0.25, 0.3) is 0 Å². The van der Waals surface area contributed by atoms with Gasteiger partial charge >= 0.3 is 30.2 Å². The van der Waals surface area contributed by atoms with Gasteiger partial charge in [-0.15, -0.1) is 0 Å². The largest absolute Gasteiger partial charge is 0.490 e. The molecule has 3 fully saturated rings. The minimum absolute atomic E-state index is 0. The van der Waals surface area contributed by atoms with E-state index in [1.165, 1.54) is 82.2 Å². The van der Waals surface area contributed by atoms with Gasteiger partial charge in [0.2, 0.25) is 0 Å². The highest BCUT2D eigenvalue weighted by atomic mass is 19.4. The summed E-state index contributed by atoms with van der Waals surface area (Å²) in [4.78, 5) is 49.7. The lowest BCUT2D eigenvalue weighted by Crippen LogP contribution is -2.52. The summed E-state index contributed by atoms with van der Waals surface area (Å²) >= 11 is 0. The second kappa shape index (κ2) is 25.1. The van der Waals surface area contributed by atoms with E-state index in [0.717, 1.165) is 89.6 Å². The number of carbonyl (C=O) groups is 3.